The van der Waals surface area contributed by atoms with Crippen molar-refractivity contribution in [2.45, 2.75) is 38.0 Å². The number of H-pyrrole nitrogens is 1. The molecule has 1 aliphatic rings. The molecule has 426 valence electrons. The number of anilines is 2. The van der Waals surface area contributed by atoms with Gasteiger partial charge < -0.3 is 68.6 Å². The molecule has 1 fully saturated rings. The highest BCUT2D eigenvalue weighted by Gasteiger charge is 2.43. The van der Waals surface area contributed by atoms with Crippen molar-refractivity contribution in [1.82, 2.24) is 35.1 Å². The molecule has 3 heterocycles. The topological polar surface area (TPSA) is 357 Å². The number of carbonyl (C=O) groups is 5. The Bertz CT molecular complexity index is 2390. The van der Waals surface area contributed by atoms with E-state index in [0.717, 1.165) is 30.5 Å². The molecule has 0 radical (unpaired) electrons. The fraction of sp³-hybridized carbons (Fsp3) is 0.630. The summed E-state index contributed by atoms with van der Waals surface area (Å²) in [4.78, 5) is 95.6. The molecule has 4 rings (SSSR count). The zero-order chi connectivity index (χ0) is 55.7. The lowest BCUT2D eigenvalue weighted by Crippen LogP contribution is -2.51. The minimum atomic E-state index is -5.33. The van der Waals surface area contributed by atoms with E-state index in [1.54, 1.807) is 4.90 Å². The van der Waals surface area contributed by atoms with Crippen LogP contribution in [0.2, 0.25) is 0 Å². The number of alkyl halides is 3. The summed E-state index contributed by atoms with van der Waals surface area (Å²) in [7, 11) is 0. The summed E-state index contributed by atoms with van der Waals surface area (Å²) in [5.74, 6) is -5.45. The number of aliphatic carboxylic acids is 1. The number of rotatable bonds is 39. The summed E-state index contributed by atoms with van der Waals surface area (Å²) < 4.78 is 89.9. The average molecular weight is 1100 g/mol. The van der Waals surface area contributed by atoms with Crippen LogP contribution in [0.3, 0.4) is 0 Å². The first kappa shape index (κ1) is 62.9. The predicted molar refractivity (Wildman–Crippen MR) is 263 cm³/mol. The quantitative estimate of drug-likeness (QED) is 0.0266. The molecule has 2 aromatic heterocycles. The second-order valence-corrected chi connectivity index (χ2v) is 16.3. The van der Waals surface area contributed by atoms with Crippen LogP contribution in [0, 0.1) is 0 Å². The third kappa shape index (κ3) is 24.5. The number of fused-ring (bicyclic) bond motifs is 1. The molecule has 28 nitrogen and oxygen atoms in total. The van der Waals surface area contributed by atoms with Crippen LogP contribution >= 0.6 is 0 Å². The van der Waals surface area contributed by atoms with Crippen molar-refractivity contribution < 1.29 is 84.9 Å². The number of nitrogen functional groups attached to an aromatic ring is 1. The first-order valence-corrected chi connectivity index (χ1v) is 24.5. The Kier molecular flexibility index (Phi) is 29.1. The number of aromatic nitrogens is 4. The van der Waals surface area contributed by atoms with Crippen LogP contribution in [0.4, 0.5) is 24.8 Å². The number of aromatic amines is 1. The smallest absolute Gasteiger partial charge is 0.471 e. The number of azide groups is 1. The molecular weight excluding hydrogens is 1030 g/mol. The zero-order valence-corrected chi connectivity index (χ0v) is 42.4. The fourth-order valence-electron chi connectivity index (χ4n) is 6.89. The van der Waals surface area contributed by atoms with Gasteiger partial charge in [-0.15, -0.1) is 0 Å². The van der Waals surface area contributed by atoms with E-state index < -0.39 is 42.1 Å². The zero-order valence-electron chi connectivity index (χ0n) is 42.4. The summed E-state index contributed by atoms with van der Waals surface area (Å²) in [6, 6.07) is 2.71. The Morgan fingerprint density at radius 2 is 1.18 bits per heavy atom. The highest BCUT2D eigenvalue weighted by Crippen LogP contribution is 2.26. The lowest BCUT2D eigenvalue weighted by molar-refractivity contribution is -0.170. The molecule has 1 aromatic carbocycles. The lowest BCUT2D eigenvalue weighted by Gasteiger charge is -2.35. The number of carboxylic acids is 1. The molecule has 5 N–H and O–H groups in total. The number of carbonyl (C=O) groups excluding carboxylic acids is 4. The van der Waals surface area contributed by atoms with Crippen LogP contribution in [0.1, 0.15) is 35.3 Å². The molecule has 0 bridgehead atoms. The summed E-state index contributed by atoms with van der Waals surface area (Å²) in [6.07, 6.45) is -4.74. The van der Waals surface area contributed by atoms with Gasteiger partial charge in [-0.1, -0.05) is 5.11 Å². The second-order valence-electron chi connectivity index (χ2n) is 16.3. The van der Waals surface area contributed by atoms with E-state index in [0.29, 0.717) is 117 Å². The highest BCUT2D eigenvalue weighted by atomic mass is 19.4. The maximum absolute atomic E-state index is 13.7. The Labute approximate surface area is 439 Å². The summed E-state index contributed by atoms with van der Waals surface area (Å²) >= 11 is 0. The Morgan fingerprint density at radius 3 is 1.64 bits per heavy atom. The van der Waals surface area contributed by atoms with E-state index >= 15 is 0 Å². The third-order valence-corrected chi connectivity index (χ3v) is 10.8. The van der Waals surface area contributed by atoms with Crippen molar-refractivity contribution in [3.05, 3.63) is 62.5 Å². The number of benzene rings is 1. The molecule has 1 aliphatic heterocycles. The van der Waals surface area contributed by atoms with Gasteiger partial charge in [-0.2, -0.15) is 18.2 Å². The highest BCUT2D eigenvalue weighted by molar-refractivity contribution is 5.99. The van der Waals surface area contributed by atoms with Gasteiger partial charge in [-0.25, -0.2) is 14.8 Å². The van der Waals surface area contributed by atoms with Gasteiger partial charge >= 0.3 is 18.1 Å². The van der Waals surface area contributed by atoms with Crippen molar-refractivity contribution in [2.24, 2.45) is 5.11 Å². The van der Waals surface area contributed by atoms with Gasteiger partial charge in [-0.05, 0) is 36.2 Å². The summed E-state index contributed by atoms with van der Waals surface area (Å²) in [5.41, 5.74) is 11.7. The number of carboxylic acid groups (broad SMARTS) is 1. The number of nitrogens with zero attached hydrogens (tertiary/aromatic N) is 9. The number of nitrogens with one attached hydrogen (secondary N) is 2. The van der Waals surface area contributed by atoms with Crippen LogP contribution in [0.25, 0.3) is 21.6 Å². The number of hydrogen-bond donors (Lipinski definition) is 4. The molecular formula is C46H65F3N12O16. The van der Waals surface area contributed by atoms with E-state index in [9.17, 15) is 47.0 Å². The molecule has 1 atom stereocenters. The molecule has 1 unspecified atom stereocenters. The average Bonchev–Trinajstić information content (AvgIpc) is 3.41. The number of halogens is 3. The van der Waals surface area contributed by atoms with Crippen molar-refractivity contribution in [1.29, 1.82) is 0 Å². The summed E-state index contributed by atoms with van der Waals surface area (Å²) in [6.45, 7) is 7.37. The molecule has 31 heteroatoms. The number of nitrogens with two attached hydrogens (primary N) is 1. The van der Waals surface area contributed by atoms with Crippen molar-refractivity contribution in [3.8, 4) is 0 Å². The largest absolute Gasteiger partial charge is 0.480 e. The van der Waals surface area contributed by atoms with Gasteiger partial charge in [0.2, 0.25) is 17.8 Å². The van der Waals surface area contributed by atoms with Gasteiger partial charge in [-0.3, -0.25) is 33.9 Å². The first-order chi connectivity index (χ1) is 37.2. The van der Waals surface area contributed by atoms with Crippen LogP contribution in [-0.2, 0) is 68.4 Å². The normalized spacial score (nSPS) is 13.1. The van der Waals surface area contributed by atoms with Gasteiger partial charge in [0.05, 0.1) is 144 Å². The molecule has 3 aromatic rings. The number of piperazine rings is 1. The first-order valence-electron chi connectivity index (χ1n) is 24.5. The van der Waals surface area contributed by atoms with Crippen LogP contribution < -0.4 is 21.5 Å². The Balaban J connectivity index is 0.985. The summed E-state index contributed by atoms with van der Waals surface area (Å²) in [5, 5.41) is 15.5. The Hall–Kier alpha value is -6.67. The van der Waals surface area contributed by atoms with Crippen molar-refractivity contribution in [2.75, 3.05) is 162 Å². The van der Waals surface area contributed by atoms with Crippen LogP contribution in [-0.4, -0.2) is 228 Å². The molecule has 1 saturated heterocycles. The molecule has 0 aliphatic carbocycles. The SMILES string of the molecule is [N-]=[N+]=NCCOCCOCCOCCOCCOCCOCCOCCOCCOCCC(=O)N1CCN(C(=O)CCC(NC(=O)c2ccc(N(Cc3cnc4nc(N)[nH]c(=O)c4n3)C(=O)C(F)(F)F)cc2)C(=O)O)CC1. The minimum Gasteiger partial charge on any atom is -0.480 e. The maximum atomic E-state index is 13.7. The number of amides is 4. The van der Waals surface area contributed by atoms with E-state index in [-0.39, 0.29) is 105 Å². The molecule has 0 saturated carbocycles. The van der Waals surface area contributed by atoms with Crippen molar-refractivity contribution in [3.63, 3.8) is 0 Å². The van der Waals surface area contributed by atoms with Gasteiger partial charge in [0.15, 0.2) is 11.2 Å². The van der Waals surface area contributed by atoms with Gasteiger partial charge in [0.1, 0.15) is 6.04 Å². The molecule has 4 amide bonds. The fourth-order valence-corrected chi connectivity index (χ4v) is 6.89. The lowest BCUT2D eigenvalue weighted by atomic mass is 10.1. The van der Waals surface area contributed by atoms with Gasteiger partial charge in [0.25, 0.3) is 11.5 Å². The van der Waals surface area contributed by atoms with Gasteiger partial charge in [0, 0.05) is 55.3 Å². The van der Waals surface area contributed by atoms with Crippen LogP contribution in [0.5, 0.6) is 0 Å². The van der Waals surface area contributed by atoms with E-state index in [1.807, 2.05) is 0 Å². The second kappa shape index (κ2) is 35.6. The molecule has 77 heavy (non-hydrogen) atoms. The predicted octanol–water partition coefficient (Wildman–Crippen LogP) is 0.875. The van der Waals surface area contributed by atoms with Crippen molar-refractivity contribution >= 4 is 52.4 Å². The number of ether oxygens (including phenoxy) is 9. The Morgan fingerprint density at radius 1 is 0.727 bits per heavy atom. The minimum absolute atomic E-state index is 0.121. The van der Waals surface area contributed by atoms with Crippen LogP contribution in [0.15, 0.2) is 40.4 Å². The maximum Gasteiger partial charge on any atom is 0.471 e. The molecule has 0 spiro atoms. The number of hydrogen-bond acceptors (Lipinski definition) is 20. The third-order valence-electron chi connectivity index (χ3n) is 10.8. The van der Waals surface area contributed by atoms with E-state index in [4.69, 9.17) is 53.9 Å². The van der Waals surface area contributed by atoms with E-state index in [1.165, 1.54) is 4.90 Å². The monoisotopic (exact) mass is 1100 g/mol. The van der Waals surface area contributed by atoms with E-state index in [2.05, 4.69) is 35.3 Å². The standard InChI is InChI=1S/C46H65F3N12O16/c47-46(48,49)44(68)61(32-34-31-52-40-39(54-34)42(65)57-45(50)56-40)35-3-1-33(2-4-35)41(64)55-36(43(66)67)5-6-37(62)59-9-11-60(12-10-59)38(63)7-13-69-15-17-71-19-21-73-23-25-75-27-29-77-30-28-76-26-24-74-22-20-72-18-16-70-14-8-53-58-51/h1-4,31,36H,5-30,32H2,(H,55,64)(H,66,67)(H3,50,52,56,57,65).